The van der Waals surface area contributed by atoms with Gasteiger partial charge in [-0.15, -0.1) is 0 Å². The molecule has 0 aliphatic rings. The molecule has 1 aromatic heterocycles. The van der Waals surface area contributed by atoms with Gasteiger partial charge in [-0.25, -0.2) is 0 Å². The zero-order valence-corrected chi connectivity index (χ0v) is 11.5. The minimum absolute atomic E-state index is 0.312. The number of nitrogens with zero attached hydrogens (tertiary/aromatic N) is 1. The van der Waals surface area contributed by atoms with Gasteiger partial charge in [0.2, 0.25) is 0 Å². The first-order chi connectivity index (χ1) is 7.53. The van der Waals surface area contributed by atoms with Gasteiger partial charge in [-0.2, -0.15) is 11.8 Å². The quantitative estimate of drug-likeness (QED) is 0.825. The Kier molecular flexibility index (Phi) is 5.29. The molecule has 0 aliphatic carbocycles. The van der Waals surface area contributed by atoms with Gasteiger partial charge in [-0.05, 0) is 51.1 Å². The van der Waals surface area contributed by atoms with Crippen LogP contribution in [0.2, 0.25) is 0 Å². The van der Waals surface area contributed by atoms with Gasteiger partial charge < -0.3 is 5.32 Å². The van der Waals surface area contributed by atoms with Gasteiger partial charge in [0.25, 0.3) is 0 Å². The predicted octanol–water partition coefficient (Wildman–Crippen LogP) is 2.74. The lowest BCUT2D eigenvalue weighted by Gasteiger charge is -2.25. The van der Waals surface area contributed by atoms with Crippen LogP contribution in [0.1, 0.15) is 26.3 Å². The maximum atomic E-state index is 4.03. The molecule has 1 atom stereocenters. The van der Waals surface area contributed by atoms with Crippen molar-refractivity contribution < 1.29 is 0 Å². The second-order valence-electron chi connectivity index (χ2n) is 4.81. The van der Waals surface area contributed by atoms with Gasteiger partial charge in [0.05, 0.1) is 0 Å². The minimum atomic E-state index is 0.312. The molecule has 1 rings (SSSR count). The molecule has 1 N–H and O–H groups in total. The topological polar surface area (TPSA) is 24.9 Å². The fourth-order valence-corrected chi connectivity index (χ4v) is 1.66. The van der Waals surface area contributed by atoms with E-state index in [9.17, 15) is 0 Å². The van der Waals surface area contributed by atoms with Crippen LogP contribution in [0, 0.1) is 0 Å². The molecule has 90 valence electrons. The number of hydrogen-bond acceptors (Lipinski definition) is 3. The highest BCUT2D eigenvalue weighted by molar-refractivity contribution is 7.99. The summed E-state index contributed by atoms with van der Waals surface area (Å²) < 4.78 is 0.312. The van der Waals surface area contributed by atoms with E-state index in [0.717, 1.165) is 13.0 Å². The van der Waals surface area contributed by atoms with Crippen LogP contribution < -0.4 is 5.32 Å². The molecular formula is C13H22N2S. The average molecular weight is 238 g/mol. The molecule has 3 heteroatoms. The zero-order chi connectivity index (χ0) is 12.0. The van der Waals surface area contributed by atoms with Crippen LogP contribution in [-0.2, 0) is 6.42 Å². The number of aromatic nitrogens is 1. The van der Waals surface area contributed by atoms with Crippen LogP contribution in [0.25, 0.3) is 0 Å². The highest BCUT2D eigenvalue weighted by atomic mass is 32.2. The summed E-state index contributed by atoms with van der Waals surface area (Å²) in [5, 5.41) is 3.58. The van der Waals surface area contributed by atoms with E-state index < -0.39 is 0 Å². The number of thioether (sulfide) groups is 1. The van der Waals surface area contributed by atoms with Crippen molar-refractivity contribution in [3.05, 3.63) is 30.1 Å². The molecule has 1 heterocycles. The average Bonchev–Trinajstić information content (AvgIpc) is 2.28. The molecule has 0 fully saturated rings. The van der Waals surface area contributed by atoms with Crippen LogP contribution in [-0.4, -0.2) is 28.6 Å². The van der Waals surface area contributed by atoms with Crippen molar-refractivity contribution in [3.8, 4) is 0 Å². The second kappa shape index (κ2) is 6.26. The molecule has 0 spiro atoms. The van der Waals surface area contributed by atoms with Crippen molar-refractivity contribution in [3.63, 3.8) is 0 Å². The molecule has 16 heavy (non-hydrogen) atoms. The molecule has 1 unspecified atom stereocenters. The Hall–Kier alpha value is -0.540. The molecule has 0 amide bonds. The van der Waals surface area contributed by atoms with Gasteiger partial charge in [0.1, 0.15) is 0 Å². The van der Waals surface area contributed by atoms with Crippen molar-refractivity contribution in [2.45, 2.75) is 38.0 Å². The number of nitrogens with one attached hydrogen (secondary N) is 1. The van der Waals surface area contributed by atoms with E-state index in [4.69, 9.17) is 0 Å². The van der Waals surface area contributed by atoms with Crippen molar-refractivity contribution in [2.75, 3.05) is 12.8 Å². The normalized spacial score (nSPS) is 13.8. The monoisotopic (exact) mass is 238 g/mol. The Morgan fingerprint density at radius 3 is 2.56 bits per heavy atom. The van der Waals surface area contributed by atoms with Gasteiger partial charge in [0, 0.05) is 29.7 Å². The largest absolute Gasteiger partial charge is 0.313 e. The van der Waals surface area contributed by atoms with Crippen molar-refractivity contribution in [1.82, 2.24) is 10.3 Å². The summed E-state index contributed by atoms with van der Waals surface area (Å²) in [5.41, 5.74) is 1.34. The zero-order valence-electron chi connectivity index (χ0n) is 10.7. The lowest BCUT2D eigenvalue weighted by atomic mass is 10.1. The molecule has 0 radical (unpaired) electrons. The van der Waals surface area contributed by atoms with Crippen LogP contribution in [0.15, 0.2) is 24.5 Å². The van der Waals surface area contributed by atoms with Gasteiger partial charge in [0.15, 0.2) is 0 Å². The van der Waals surface area contributed by atoms with E-state index in [2.05, 4.69) is 49.5 Å². The van der Waals surface area contributed by atoms with Crippen molar-refractivity contribution >= 4 is 11.8 Å². The van der Waals surface area contributed by atoms with E-state index in [1.54, 1.807) is 0 Å². The summed E-state index contributed by atoms with van der Waals surface area (Å²) >= 11 is 1.90. The van der Waals surface area contributed by atoms with E-state index >= 15 is 0 Å². The molecule has 0 aromatic carbocycles. The Labute approximate surface area is 103 Å². The third-order valence-electron chi connectivity index (χ3n) is 2.72. The van der Waals surface area contributed by atoms with Crippen LogP contribution in [0.3, 0.4) is 0 Å². The highest BCUT2D eigenvalue weighted by Crippen LogP contribution is 2.19. The highest BCUT2D eigenvalue weighted by Gasteiger charge is 2.16. The minimum Gasteiger partial charge on any atom is -0.313 e. The van der Waals surface area contributed by atoms with Gasteiger partial charge >= 0.3 is 0 Å². The molecule has 0 aliphatic heterocycles. The molecule has 0 saturated carbocycles. The van der Waals surface area contributed by atoms with E-state index in [0.29, 0.717) is 10.8 Å². The number of rotatable bonds is 6. The third kappa shape index (κ3) is 4.99. The maximum absolute atomic E-state index is 4.03. The summed E-state index contributed by atoms with van der Waals surface area (Å²) in [6.45, 7) is 7.81. The molecule has 1 aromatic rings. The lowest BCUT2D eigenvalue weighted by molar-refractivity contribution is 0.504. The first-order valence-corrected chi connectivity index (χ1v) is 6.93. The Balaban J connectivity index is 2.34. The molecular weight excluding hydrogens is 216 g/mol. The SMILES string of the molecule is CSC(C)(C)CNC(C)Cc1ccncc1. The first kappa shape index (κ1) is 13.5. The first-order valence-electron chi connectivity index (χ1n) is 5.71. The van der Waals surface area contributed by atoms with Crippen LogP contribution >= 0.6 is 11.8 Å². The Bertz CT molecular complexity index is 298. The van der Waals surface area contributed by atoms with Crippen LogP contribution in [0.5, 0.6) is 0 Å². The Morgan fingerprint density at radius 2 is 2.00 bits per heavy atom. The maximum Gasteiger partial charge on any atom is 0.0270 e. The van der Waals surface area contributed by atoms with Gasteiger partial charge in [-0.3, -0.25) is 4.98 Å². The molecule has 0 bridgehead atoms. The van der Waals surface area contributed by atoms with Gasteiger partial charge in [-0.1, -0.05) is 0 Å². The lowest BCUT2D eigenvalue weighted by Crippen LogP contribution is -2.38. The third-order valence-corrected chi connectivity index (χ3v) is 3.97. The fraction of sp³-hybridized carbons (Fsp3) is 0.615. The molecule has 2 nitrogen and oxygen atoms in total. The summed E-state index contributed by atoms with van der Waals surface area (Å²) in [6, 6.07) is 4.67. The van der Waals surface area contributed by atoms with E-state index in [1.165, 1.54) is 5.56 Å². The van der Waals surface area contributed by atoms with E-state index in [-0.39, 0.29) is 0 Å². The standard InChI is InChI=1S/C13H22N2S/c1-11(15-10-13(2,3)16-4)9-12-5-7-14-8-6-12/h5-8,11,15H,9-10H2,1-4H3. The predicted molar refractivity (Wildman–Crippen MR) is 73.0 cm³/mol. The smallest absolute Gasteiger partial charge is 0.0270 e. The van der Waals surface area contributed by atoms with Crippen molar-refractivity contribution in [1.29, 1.82) is 0 Å². The summed E-state index contributed by atoms with van der Waals surface area (Å²) in [6.07, 6.45) is 6.93. The summed E-state index contributed by atoms with van der Waals surface area (Å²) in [7, 11) is 0. The van der Waals surface area contributed by atoms with E-state index in [1.807, 2.05) is 24.2 Å². The Morgan fingerprint density at radius 1 is 1.38 bits per heavy atom. The number of hydrogen-bond donors (Lipinski definition) is 1. The summed E-state index contributed by atoms with van der Waals surface area (Å²) in [4.78, 5) is 4.03. The summed E-state index contributed by atoms with van der Waals surface area (Å²) in [5.74, 6) is 0. The van der Waals surface area contributed by atoms with Crippen LogP contribution in [0.4, 0.5) is 0 Å². The molecule has 0 saturated heterocycles. The fourth-order valence-electron chi connectivity index (χ4n) is 1.44. The second-order valence-corrected chi connectivity index (χ2v) is 6.32. The van der Waals surface area contributed by atoms with Crippen molar-refractivity contribution in [2.24, 2.45) is 0 Å². The number of pyridine rings is 1.